The van der Waals surface area contributed by atoms with Crippen molar-refractivity contribution in [1.29, 1.82) is 0 Å². The average molecular weight is 457 g/mol. The number of amidine groups is 1. The van der Waals surface area contributed by atoms with Crippen molar-refractivity contribution in [3.8, 4) is 0 Å². The Labute approximate surface area is 196 Å². The first-order valence-electron chi connectivity index (χ1n) is 11.3. The first-order valence-corrected chi connectivity index (χ1v) is 11.3. The average Bonchev–Trinajstić information content (AvgIpc) is 3.50. The van der Waals surface area contributed by atoms with Crippen molar-refractivity contribution in [3.63, 3.8) is 0 Å². The van der Waals surface area contributed by atoms with Crippen LogP contribution in [0.4, 0.5) is 17.2 Å². The Morgan fingerprint density at radius 3 is 2.22 bits per heavy atom. The van der Waals surface area contributed by atoms with Gasteiger partial charge in [-0.05, 0) is 36.9 Å². The van der Waals surface area contributed by atoms with Crippen LogP contribution in [0, 0.1) is 0 Å². The van der Waals surface area contributed by atoms with Gasteiger partial charge in [-0.1, -0.05) is 6.92 Å². The Bertz CT molecular complexity index is 1030. The van der Waals surface area contributed by atoms with Crippen LogP contribution in [-0.4, -0.2) is 36.6 Å². The van der Waals surface area contributed by atoms with Crippen molar-refractivity contribution in [2.24, 2.45) is 34.5 Å². The number of aryl methyl sites for hydroxylation is 2. The summed E-state index contributed by atoms with van der Waals surface area (Å²) in [5.74, 6) is 1.42. The molecule has 8 nitrogen and oxygen atoms in total. The minimum atomic E-state index is 0. The van der Waals surface area contributed by atoms with Gasteiger partial charge in [0.05, 0.1) is 24.4 Å². The Balaban J connectivity index is 0.00000289. The molecule has 2 aliphatic rings. The van der Waals surface area contributed by atoms with Crippen molar-refractivity contribution in [2.45, 2.75) is 39.0 Å². The molecule has 4 rings (SSSR count). The molecule has 2 aromatic heterocycles. The fourth-order valence-corrected chi connectivity index (χ4v) is 4.02. The summed E-state index contributed by atoms with van der Waals surface area (Å²) in [6, 6.07) is 8.47. The molecule has 172 valence electrons. The summed E-state index contributed by atoms with van der Waals surface area (Å²) < 4.78 is 3.96. The zero-order chi connectivity index (χ0) is 21.6. The van der Waals surface area contributed by atoms with E-state index < -0.39 is 0 Å². The van der Waals surface area contributed by atoms with E-state index in [2.05, 4.69) is 54.5 Å². The van der Waals surface area contributed by atoms with Crippen LogP contribution in [0.2, 0.25) is 0 Å². The Morgan fingerprint density at radius 1 is 0.969 bits per heavy atom. The van der Waals surface area contributed by atoms with E-state index in [4.69, 9.17) is 0 Å². The molecule has 2 aromatic rings. The second-order valence-corrected chi connectivity index (χ2v) is 8.27. The molecule has 0 aromatic carbocycles. The highest BCUT2D eigenvalue weighted by Crippen LogP contribution is 2.22. The Hall–Kier alpha value is -2.74. The maximum atomic E-state index is 4.48. The largest absolute Gasteiger partial charge is 1.00 e. The van der Waals surface area contributed by atoms with Crippen LogP contribution < -0.4 is 32.3 Å². The zero-order valence-electron chi connectivity index (χ0n) is 19.3. The van der Waals surface area contributed by atoms with Crippen LogP contribution >= 0.6 is 0 Å². The van der Waals surface area contributed by atoms with E-state index >= 15 is 0 Å². The van der Waals surface area contributed by atoms with E-state index in [1.54, 1.807) is 0 Å². The van der Waals surface area contributed by atoms with Crippen molar-refractivity contribution in [3.05, 3.63) is 42.1 Å². The molecule has 0 aliphatic carbocycles. The van der Waals surface area contributed by atoms with E-state index in [1.807, 2.05) is 42.5 Å². The van der Waals surface area contributed by atoms with Gasteiger partial charge in [0.2, 0.25) is 0 Å². The number of anilines is 2. The molecule has 0 radical (unpaired) electrons. The fourth-order valence-electron chi connectivity index (χ4n) is 4.02. The van der Waals surface area contributed by atoms with Crippen LogP contribution in [0.15, 0.2) is 57.1 Å². The molecule has 0 unspecified atom stereocenters. The van der Waals surface area contributed by atoms with Gasteiger partial charge in [-0.3, -0.25) is 0 Å². The molecule has 32 heavy (non-hydrogen) atoms. The molecule has 2 aliphatic heterocycles. The Kier molecular flexibility index (Phi) is 8.39. The molecular weight excluding hydrogens is 424 g/mol. The molecule has 0 bridgehead atoms. The summed E-state index contributed by atoms with van der Waals surface area (Å²) in [4.78, 5) is 4.80. The third-order valence-electron chi connectivity index (χ3n) is 6.01. The van der Waals surface area contributed by atoms with E-state index in [0.29, 0.717) is 12.3 Å². The molecular formula is C23H33ClN8. The molecule has 0 N–H and O–H groups in total. The summed E-state index contributed by atoms with van der Waals surface area (Å²) in [7, 11) is 3.97. The predicted octanol–water partition coefficient (Wildman–Crippen LogP) is 0.462. The maximum Gasteiger partial charge on any atom is 0.352 e. The minimum Gasteiger partial charge on any atom is -1.00 e. The molecule has 9 heteroatoms. The van der Waals surface area contributed by atoms with E-state index in [-0.39, 0.29) is 12.4 Å². The topological polar surface area (TPSA) is 64.7 Å². The van der Waals surface area contributed by atoms with Gasteiger partial charge in [-0.25, -0.2) is 4.57 Å². The third kappa shape index (κ3) is 5.73. The quantitative estimate of drug-likeness (QED) is 0.216. The highest BCUT2D eigenvalue weighted by Gasteiger charge is 2.16. The number of rotatable bonds is 5. The molecule has 4 heterocycles. The third-order valence-corrected chi connectivity index (χ3v) is 6.01. The molecule has 0 saturated carbocycles. The summed E-state index contributed by atoms with van der Waals surface area (Å²) >= 11 is 0. The number of hydrogen-bond donors (Lipinski definition) is 0. The summed E-state index contributed by atoms with van der Waals surface area (Å²) in [6.07, 6.45) is 9.76. The van der Waals surface area contributed by atoms with Crippen LogP contribution in [0.3, 0.4) is 0 Å². The molecule has 2 fully saturated rings. The number of hydrogen-bond acceptors (Lipinski definition) is 5. The van der Waals surface area contributed by atoms with Crippen LogP contribution in [0.1, 0.15) is 39.0 Å². The van der Waals surface area contributed by atoms with Crippen LogP contribution in [-0.2, 0) is 14.1 Å². The van der Waals surface area contributed by atoms with Gasteiger partial charge in [0.15, 0.2) is 11.3 Å². The van der Waals surface area contributed by atoms with Crippen molar-refractivity contribution >= 4 is 23.0 Å². The van der Waals surface area contributed by atoms with E-state index in [1.165, 1.54) is 37.1 Å². The second kappa shape index (κ2) is 11.2. The van der Waals surface area contributed by atoms with Crippen molar-refractivity contribution in [1.82, 2.24) is 4.57 Å². The van der Waals surface area contributed by atoms with Crippen molar-refractivity contribution in [2.75, 3.05) is 36.0 Å². The standard InChI is InChI=1S/C23H33N8.ClH/c1-4-21(24-26-22-17-19(9-15-28(22)2)30-11-5-6-12-30)25-27-23-18-20(10-16-29(23)3)31-13-7-8-14-31;/h9-10,15-18H,4-8,11-14H2,1-3H3;1H/q+1;/p-1. The molecule has 0 atom stereocenters. The van der Waals surface area contributed by atoms with E-state index in [0.717, 1.165) is 37.5 Å². The number of halogens is 1. The first kappa shape index (κ1) is 23.9. The van der Waals surface area contributed by atoms with Gasteiger partial charge in [0.1, 0.15) is 0 Å². The summed E-state index contributed by atoms with van der Waals surface area (Å²) in [5, 5.41) is 17.8. The van der Waals surface area contributed by atoms with Crippen LogP contribution in [0.5, 0.6) is 0 Å². The first-order chi connectivity index (χ1) is 15.1. The monoisotopic (exact) mass is 456 g/mol. The lowest BCUT2D eigenvalue weighted by atomic mass is 10.3. The van der Waals surface area contributed by atoms with Crippen LogP contribution in [0.25, 0.3) is 0 Å². The van der Waals surface area contributed by atoms with Gasteiger partial charge in [0.25, 0.3) is 0 Å². The Morgan fingerprint density at radius 2 is 1.59 bits per heavy atom. The molecule has 0 amide bonds. The normalized spacial score (nSPS) is 17.5. The van der Waals surface area contributed by atoms with Gasteiger partial charge < -0.3 is 26.8 Å². The zero-order valence-corrected chi connectivity index (χ0v) is 20.0. The second-order valence-electron chi connectivity index (χ2n) is 8.27. The minimum absolute atomic E-state index is 0. The lowest BCUT2D eigenvalue weighted by molar-refractivity contribution is -0.658. The lowest BCUT2D eigenvalue weighted by Gasteiger charge is -2.17. The maximum absolute atomic E-state index is 4.48. The highest BCUT2D eigenvalue weighted by molar-refractivity contribution is 5.82. The summed E-state index contributed by atoms with van der Waals surface area (Å²) in [6.45, 7) is 6.46. The summed E-state index contributed by atoms with van der Waals surface area (Å²) in [5.41, 5.74) is 3.22. The number of azo groups is 1. The van der Waals surface area contributed by atoms with E-state index in [9.17, 15) is 0 Å². The number of nitrogens with zero attached hydrogens (tertiary/aromatic N) is 8. The predicted molar refractivity (Wildman–Crippen MR) is 124 cm³/mol. The number of aromatic nitrogens is 2. The molecule has 2 saturated heterocycles. The van der Waals surface area contributed by atoms with Crippen molar-refractivity contribution < 1.29 is 17.0 Å². The molecule has 0 spiro atoms. The lowest BCUT2D eigenvalue weighted by Crippen LogP contribution is -3.00. The van der Waals surface area contributed by atoms with Gasteiger partial charge in [-0.15, -0.1) is 10.2 Å². The number of pyridine rings is 2. The van der Waals surface area contributed by atoms with Gasteiger partial charge >= 0.3 is 5.82 Å². The smallest absolute Gasteiger partial charge is 0.352 e. The highest BCUT2D eigenvalue weighted by atomic mass is 35.5. The van der Waals surface area contributed by atoms with Gasteiger partial charge in [-0.2, -0.15) is 0 Å². The van der Waals surface area contributed by atoms with Gasteiger partial charge in [0, 0.05) is 69.4 Å². The SMILES string of the molecule is CCC(N=Nc1cc(N2CCCC2)cc[n+]1C)=NN=c1cc(N2CCCC2)ccn1C.[Cl-]. The fraction of sp³-hybridized carbons (Fsp3) is 0.522.